The summed E-state index contributed by atoms with van der Waals surface area (Å²) in [5, 5.41) is 8.42. The molecule has 1 aromatic heterocycles. The summed E-state index contributed by atoms with van der Waals surface area (Å²) in [6.07, 6.45) is 7.41. The smallest absolute Gasteiger partial charge is 0.221 e. The standard InChI is InChI=1S/C14H23N3OS/c1-15-14(6-3-2-4-7-14)9-13(18)16-8-5-12-10-19-11-17-12/h10-11,15H,2-9H2,1H3,(H,16,18). The van der Waals surface area contributed by atoms with Crippen LogP contribution in [0.4, 0.5) is 0 Å². The third-order valence-corrected chi connectivity index (χ3v) is 4.66. The van der Waals surface area contributed by atoms with Crippen molar-refractivity contribution in [2.45, 2.75) is 50.5 Å². The van der Waals surface area contributed by atoms with Gasteiger partial charge in [-0.3, -0.25) is 4.79 Å². The minimum atomic E-state index is 0.0307. The van der Waals surface area contributed by atoms with Crippen LogP contribution in [0.5, 0.6) is 0 Å². The molecule has 4 nitrogen and oxygen atoms in total. The molecule has 1 amide bonds. The van der Waals surface area contributed by atoms with Crippen molar-refractivity contribution in [1.29, 1.82) is 0 Å². The third-order valence-electron chi connectivity index (χ3n) is 4.03. The Kier molecular flexibility index (Phi) is 5.34. The summed E-state index contributed by atoms with van der Waals surface area (Å²) in [5.41, 5.74) is 2.92. The molecule has 1 heterocycles. The van der Waals surface area contributed by atoms with Gasteiger partial charge in [0.2, 0.25) is 5.91 Å². The van der Waals surface area contributed by atoms with Crippen molar-refractivity contribution in [2.24, 2.45) is 0 Å². The highest BCUT2D eigenvalue weighted by molar-refractivity contribution is 7.07. The molecule has 5 heteroatoms. The number of nitrogens with one attached hydrogen (secondary N) is 2. The van der Waals surface area contributed by atoms with Crippen LogP contribution in [0.15, 0.2) is 10.9 Å². The average molecular weight is 281 g/mol. The first-order valence-corrected chi connectivity index (χ1v) is 8.01. The Morgan fingerprint density at radius 1 is 1.42 bits per heavy atom. The van der Waals surface area contributed by atoms with E-state index in [-0.39, 0.29) is 11.4 Å². The summed E-state index contributed by atoms with van der Waals surface area (Å²) < 4.78 is 0. The topological polar surface area (TPSA) is 54.0 Å². The number of nitrogens with zero attached hydrogens (tertiary/aromatic N) is 1. The molecule has 0 saturated heterocycles. The molecule has 0 aromatic carbocycles. The van der Waals surface area contributed by atoms with Crippen LogP contribution in [0.3, 0.4) is 0 Å². The molecule has 0 unspecified atom stereocenters. The van der Waals surface area contributed by atoms with Crippen LogP contribution >= 0.6 is 11.3 Å². The highest BCUT2D eigenvalue weighted by Gasteiger charge is 2.32. The van der Waals surface area contributed by atoms with E-state index in [1.54, 1.807) is 11.3 Å². The first-order valence-electron chi connectivity index (χ1n) is 7.07. The zero-order valence-electron chi connectivity index (χ0n) is 11.6. The van der Waals surface area contributed by atoms with Crippen LogP contribution in [0.2, 0.25) is 0 Å². The van der Waals surface area contributed by atoms with Crippen molar-refractivity contribution in [3.63, 3.8) is 0 Å². The van der Waals surface area contributed by atoms with Gasteiger partial charge < -0.3 is 10.6 Å². The third kappa shape index (κ3) is 4.28. The Bertz CT molecular complexity index is 385. The van der Waals surface area contributed by atoms with Gasteiger partial charge in [-0.05, 0) is 19.9 Å². The van der Waals surface area contributed by atoms with Crippen LogP contribution in [0.1, 0.15) is 44.2 Å². The second-order valence-corrected chi connectivity index (χ2v) is 6.07. The van der Waals surface area contributed by atoms with Crippen LogP contribution in [-0.2, 0) is 11.2 Å². The molecule has 1 aliphatic carbocycles. The highest BCUT2D eigenvalue weighted by atomic mass is 32.1. The van der Waals surface area contributed by atoms with E-state index in [2.05, 4.69) is 15.6 Å². The van der Waals surface area contributed by atoms with Gasteiger partial charge in [0.25, 0.3) is 0 Å². The van der Waals surface area contributed by atoms with Gasteiger partial charge in [0, 0.05) is 30.3 Å². The van der Waals surface area contributed by atoms with E-state index in [0.29, 0.717) is 13.0 Å². The van der Waals surface area contributed by atoms with E-state index < -0.39 is 0 Å². The molecule has 1 aromatic rings. The number of aromatic nitrogens is 1. The number of hydrogen-bond donors (Lipinski definition) is 2. The van der Waals surface area contributed by atoms with Crippen molar-refractivity contribution >= 4 is 17.2 Å². The van der Waals surface area contributed by atoms with Crippen molar-refractivity contribution in [1.82, 2.24) is 15.6 Å². The first-order chi connectivity index (χ1) is 9.24. The fourth-order valence-corrected chi connectivity index (χ4v) is 3.40. The van der Waals surface area contributed by atoms with Gasteiger partial charge in [0.05, 0.1) is 11.2 Å². The Morgan fingerprint density at radius 2 is 2.21 bits per heavy atom. The molecular formula is C14H23N3OS. The second-order valence-electron chi connectivity index (χ2n) is 5.35. The predicted octanol–water partition coefficient (Wildman–Crippen LogP) is 2.11. The van der Waals surface area contributed by atoms with E-state index in [4.69, 9.17) is 0 Å². The highest BCUT2D eigenvalue weighted by Crippen LogP contribution is 2.30. The van der Waals surface area contributed by atoms with Gasteiger partial charge in [-0.1, -0.05) is 19.3 Å². The van der Waals surface area contributed by atoms with Crippen molar-refractivity contribution in [3.05, 3.63) is 16.6 Å². The fourth-order valence-electron chi connectivity index (χ4n) is 2.80. The van der Waals surface area contributed by atoms with Crippen molar-refractivity contribution in [2.75, 3.05) is 13.6 Å². The largest absolute Gasteiger partial charge is 0.356 e. The van der Waals surface area contributed by atoms with Crippen molar-refractivity contribution < 1.29 is 4.79 Å². The maximum Gasteiger partial charge on any atom is 0.221 e. The van der Waals surface area contributed by atoms with Crippen LogP contribution in [-0.4, -0.2) is 30.0 Å². The molecule has 1 fully saturated rings. The van der Waals surface area contributed by atoms with Gasteiger partial charge in [0.15, 0.2) is 0 Å². The van der Waals surface area contributed by atoms with Gasteiger partial charge >= 0.3 is 0 Å². The SMILES string of the molecule is CNC1(CC(=O)NCCc2cscn2)CCCCC1. The first kappa shape index (κ1) is 14.5. The van der Waals surface area contributed by atoms with Gasteiger partial charge in [-0.2, -0.15) is 0 Å². The molecular weight excluding hydrogens is 258 g/mol. The van der Waals surface area contributed by atoms with E-state index in [0.717, 1.165) is 25.0 Å². The van der Waals surface area contributed by atoms with Crippen LogP contribution in [0, 0.1) is 0 Å². The molecule has 0 aliphatic heterocycles. The maximum atomic E-state index is 12.0. The number of carbonyl (C=O) groups excluding carboxylic acids is 1. The van der Waals surface area contributed by atoms with Crippen LogP contribution < -0.4 is 10.6 Å². The van der Waals surface area contributed by atoms with E-state index in [9.17, 15) is 4.79 Å². The molecule has 19 heavy (non-hydrogen) atoms. The zero-order valence-corrected chi connectivity index (χ0v) is 12.4. The molecule has 0 spiro atoms. The summed E-state index contributed by atoms with van der Waals surface area (Å²) >= 11 is 1.60. The lowest BCUT2D eigenvalue weighted by molar-refractivity contribution is -0.122. The molecule has 0 radical (unpaired) electrons. The van der Waals surface area contributed by atoms with E-state index in [1.807, 2.05) is 17.9 Å². The summed E-state index contributed by atoms with van der Waals surface area (Å²) in [5.74, 6) is 0.159. The average Bonchev–Trinajstić information content (AvgIpc) is 2.93. The lowest BCUT2D eigenvalue weighted by Gasteiger charge is -2.36. The normalized spacial score (nSPS) is 18.2. The molecule has 1 saturated carbocycles. The van der Waals surface area contributed by atoms with Gasteiger partial charge in [-0.15, -0.1) is 11.3 Å². The van der Waals surface area contributed by atoms with Crippen LogP contribution in [0.25, 0.3) is 0 Å². The Balaban J connectivity index is 1.73. The van der Waals surface area contributed by atoms with E-state index >= 15 is 0 Å². The quantitative estimate of drug-likeness (QED) is 0.840. The summed E-state index contributed by atoms with van der Waals surface area (Å²) in [6.45, 7) is 0.683. The number of amides is 1. The Morgan fingerprint density at radius 3 is 2.84 bits per heavy atom. The van der Waals surface area contributed by atoms with Gasteiger partial charge in [0.1, 0.15) is 0 Å². The lowest BCUT2D eigenvalue weighted by Crippen LogP contribution is -2.48. The lowest BCUT2D eigenvalue weighted by atomic mass is 9.79. The molecule has 0 bridgehead atoms. The maximum absolute atomic E-state index is 12.0. The summed E-state index contributed by atoms with van der Waals surface area (Å²) in [7, 11) is 1.98. The monoisotopic (exact) mass is 281 g/mol. The second kappa shape index (κ2) is 7.01. The molecule has 0 atom stereocenters. The Labute approximate surface area is 119 Å². The molecule has 106 valence electrons. The Hall–Kier alpha value is -0.940. The zero-order chi connectivity index (χ0) is 13.6. The molecule has 2 rings (SSSR count). The number of carbonyl (C=O) groups is 1. The summed E-state index contributed by atoms with van der Waals surface area (Å²) in [6, 6.07) is 0. The number of hydrogen-bond acceptors (Lipinski definition) is 4. The minimum Gasteiger partial charge on any atom is -0.356 e. The van der Waals surface area contributed by atoms with Gasteiger partial charge in [-0.25, -0.2) is 4.98 Å². The molecule has 2 N–H and O–H groups in total. The minimum absolute atomic E-state index is 0.0307. The molecule has 1 aliphatic rings. The fraction of sp³-hybridized carbons (Fsp3) is 0.714. The summed E-state index contributed by atoms with van der Waals surface area (Å²) in [4.78, 5) is 16.2. The predicted molar refractivity (Wildman–Crippen MR) is 78.3 cm³/mol. The van der Waals surface area contributed by atoms with E-state index in [1.165, 1.54) is 19.3 Å². The number of rotatable bonds is 6. The number of thiazole rings is 1. The van der Waals surface area contributed by atoms with Crippen molar-refractivity contribution in [3.8, 4) is 0 Å².